The van der Waals surface area contributed by atoms with Crippen molar-refractivity contribution >= 4 is 11.8 Å². The first-order valence-corrected chi connectivity index (χ1v) is 8.52. The first-order valence-electron chi connectivity index (χ1n) is 7.47. The van der Waals surface area contributed by atoms with Gasteiger partial charge in [0.25, 0.3) is 0 Å². The fourth-order valence-corrected chi connectivity index (χ4v) is 4.33. The maximum absolute atomic E-state index is 13.1. The van der Waals surface area contributed by atoms with E-state index >= 15 is 0 Å². The molecular formula is C16H22F3NS. The molecule has 1 aromatic carbocycles. The van der Waals surface area contributed by atoms with Gasteiger partial charge in [-0.05, 0) is 31.5 Å². The predicted molar refractivity (Wildman–Crippen MR) is 82.6 cm³/mol. The molecule has 1 aromatic rings. The molecule has 118 valence electrons. The number of rotatable bonds is 5. The molecule has 1 aliphatic carbocycles. The summed E-state index contributed by atoms with van der Waals surface area (Å²) >= 11 is 1.81. The van der Waals surface area contributed by atoms with E-state index in [9.17, 15) is 13.2 Å². The Morgan fingerprint density at radius 2 is 1.86 bits per heavy atom. The van der Waals surface area contributed by atoms with Gasteiger partial charge in [-0.1, -0.05) is 37.5 Å². The summed E-state index contributed by atoms with van der Waals surface area (Å²) in [6, 6.07) is 5.64. The van der Waals surface area contributed by atoms with E-state index < -0.39 is 11.7 Å². The highest BCUT2D eigenvalue weighted by molar-refractivity contribution is 7.99. The van der Waals surface area contributed by atoms with Crippen LogP contribution in [0.4, 0.5) is 13.2 Å². The van der Waals surface area contributed by atoms with Crippen molar-refractivity contribution in [3.8, 4) is 0 Å². The van der Waals surface area contributed by atoms with Crippen LogP contribution < -0.4 is 5.32 Å². The van der Waals surface area contributed by atoms with Crippen molar-refractivity contribution < 1.29 is 13.2 Å². The van der Waals surface area contributed by atoms with Crippen LogP contribution in [-0.2, 0) is 6.18 Å². The van der Waals surface area contributed by atoms with Crippen LogP contribution in [0.15, 0.2) is 24.3 Å². The smallest absolute Gasteiger partial charge is 0.312 e. The molecule has 0 radical (unpaired) electrons. The van der Waals surface area contributed by atoms with Crippen LogP contribution >= 0.6 is 11.8 Å². The molecule has 5 heteroatoms. The second kappa shape index (κ2) is 7.54. The van der Waals surface area contributed by atoms with Gasteiger partial charge in [0.1, 0.15) is 0 Å². The summed E-state index contributed by atoms with van der Waals surface area (Å²) < 4.78 is 39.3. The van der Waals surface area contributed by atoms with Gasteiger partial charge >= 0.3 is 6.18 Å². The molecule has 1 saturated carbocycles. The number of halogens is 3. The SMILES string of the molecule is CNC(CSC1CCCCC1)c1ccccc1C(F)(F)F. The lowest BCUT2D eigenvalue weighted by molar-refractivity contribution is -0.138. The summed E-state index contributed by atoms with van der Waals surface area (Å²) in [5.74, 6) is 0.689. The van der Waals surface area contributed by atoms with Gasteiger partial charge in [0.15, 0.2) is 0 Å². The van der Waals surface area contributed by atoms with E-state index in [1.54, 1.807) is 19.2 Å². The largest absolute Gasteiger partial charge is 0.416 e. The van der Waals surface area contributed by atoms with Gasteiger partial charge in [-0.2, -0.15) is 24.9 Å². The Labute approximate surface area is 128 Å². The number of nitrogens with one attached hydrogen (secondary N) is 1. The molecular weight excluding hydrogens is 295 g/mol. The van der Waals surface area contributed by atoms with Crippen molar-refractivity contribution in [2.45, 2.75) is 49.6 Å². The number of alkyl halides is 3. The third kappa shape index (κ3) is 4.65. The summed E-state index contributed by atoms with van der Waals surface area (Å²) in [7, 11) is 1.74. The Kier molecular flexibility index (Phi) is 5.99. The van der Waals surface area contributed by atoms with Gasteiger partial charge < -0.3 is 5.32 Å². The summed E-state index contributed by atoms with van der Waals surface area (Å²) in [6.07, 6.45) is 1.90. The van der Waals surface area contributed by atoms with Crippen molar-refractivity contribution in [3.05, 3.63) is 35.4 Å². The molecule has 0 aliphatic heterocycles. The van der Waals surface area contributed by atoms with Crippen molar-refractivity contribution in [1.29, 1.82) is 0 Å². The Bertz CT molecular complexity index is 441. The predicted octanol–water partition coefficient (Wildman–Crippen LogP) is 5.03. The zero-order valence-electron chi connectivity index (χ0n) is 12.2. The lowest BCUT2D eigenvalue weighted by Crippen LogP contribution is -2.24. The molecule has 0 aromatic heterocycles. The van der Waals surface area contributed by atoms with E-state index in [0.29, 0.717) is 16.6 Å². The molecule has 0 heterocycles. The van der Waals surface area contributed by atoms with E-state index in [1.165, 1.54) is 44.2 Å². The molecule has 0 spiro atoms. The monoisotopic (exact) mass is 317 g/mol. The molecule has 1 atom stereocenters. The maximum atomic E-state index is 13.1. The number of hydrogen-bond donors (Lipinski definition) is 1. The van der Waals surface area contributed by atoms with Gasteiger partial charge in [0, 0.05) is 17.0 Å². The summed E-state index contributed by atoms with van der Waals surface area (Å²) in [5.41, 5.74) is -0.163. The fourth-order valence-electron chi connectivity index (χ4n) is 2.85. The maximum Gasteiger partial charge on any atom is 0.416 e. The topological polar surface area (TPSA) is 12.0 Å². The molecule has 0 saturated heterocycles. The Hall–Kier alpha value is -0.680. The normalized spacial score (nSPS) is 18.7. The third-order valence-corrected chi connectivity index (χ3v) is 5.51. The van der Waals surface area contributed by atoms with Crippen molar-refractivity contribution in [3.63, 3.8) is 0 Å². The van der Waals surface area contributed by atoms with Crippen LogP contribution in [0.2, 0.25) is 0 Å². The summed E-state index contributed by atoms with van der Waals surface area (Å²) in [6.45, 7) is 0. The van der Waals surface area contributed by atoms with Crippen molar-refractivity contribution in [2.24, 2.45) is 0 Å². The first-order chi connectivity index (χ1) is 10.0. The molecule has 1 fully saturated rings. The lowest BCUT2D eigenvalue weighted by atomic mass is 10.0. The minimum atomic E-state index is -4.29. The fraction of sp³-hybridized carbons (Fsp3) is 0.625. The van der Waals surface area contributed by atoms with Gasteiger partial charge in [0.05, 0.1) is 5.56 Å². The Balaban J connectivity index is 2.06. The van der Waals surface area contributed by atoms with E-state index in [1.807, 2.05) is 11.8 Å². The molecule has 0 amide bonds. The van der Waals surface area contributed by atoms with Crippen molar-refractivity contribution in [2.75, 3.05) is 12.8 Å². The van der Waals surface area contributed by atoms with E-state index in [4.69, 9.17) is 0 Å². The summed E-state index contributed by atoms with van der Waals surface area (Å²) in [4.78, 5) is 0. The van der Waals surface area contributed by atoms with Crippen LogP contribution in [0.1, 0.15) is 49.3 Å². The van der Waals surface area contributed by atoms with E-state index in [2.05, 4.69) is 5.32 Å². The van der Waals surface area contributed by atoms with Crippen LogP contribution in [0.25, 0.3) is 0 Å². The van der Waals surface area contributed by atoms with Crippen molar-refractivity contribution in [1.82, 2.24) is 5.32 Å². The molecule has 21 heavy (non-hydrogen) atoms. The minimum absolute atomic E-state index is 0.255. The van der Waals surface area contributed by atoms with Gasteiger partial charge in [-0.3, -0.25) is 0 Å². The van der Waals surface area contributed by atoms with E-state index in [-0.39, 0.29) is 6.04 Å². The molecule has 1 aliphatic rings. The van der Waals surface area contributed by atoms with E-state index in [0.717, 1.165) is 0 Å². The molecule has 1 unspecified atom stereocenters. The lowest BCUT2D eigenvalue weighted by Gasteiger charge is -2.25. The second-order valence-electron chi connectivity index (χ2n) is 5.52. The second-order valence-corrected chi connectivity index (χ2v) is 6.85. The molecule has 1 N–H and O–H groups in total. The molecule has 0 bridgehead atoms. The highest BCUT2D eigenvalue weighted by atomic mass is 32.2. The van der Waals surface area contributed by atoms with Gasteiger partial charge in [-0.15, -0.1) is 0 Å². The highest BCUT2D eigenvalue weighted by Crippen LogP contribution is 2.37. The number of thioether (sulfide) groups is 1. The van der Waals surface area contributed by atoms with Crippen LogP contribution in [-0.4, -0.2) is 18.1 Å². The molecule has 2 rings (SSSR count). The Morgan fingerprint density at radius 1 is 1.19 bits per heavy atom. The average Bonchev–Trinajstić information content (AvgIpc) is 2.48. The molecule has 1 nitrogen and oxygen atoms in total. The standard InChI is InChI=1S/C16H22F3NS/c1-20-15(11-21-12-7-3-2-4-8-12)13-9-5-6-10-14(13)16(17,18)19/h5-6,9-10,12,15,20H,2-4,7-8,11H2,1H3. The number of hydrogen-bond acceptors (Lipinski definition) is 2. The number of benzene rings is 1. The average molecular weight is 317 g/mol. The third-order valence-electron chi connectivity index (χ3n) is 4.04. The van der Waals surface area contributed by atoms with Crippen LogP contribution in [0.3, 0.4) is 0 Å². The minimum Gasteiger partial charge on any atom is -0.312 e. The van der Waals surface area contributed by atoms with Crippen LogP contribution in [0.5, 0.6) is 0 Å². The first kappa shape index (κ1) is 16.7. The van der Waals surface area contributed by atoms with Gasteiger partial charge in [0.2, 0.25) is 0 Å². The Morgan fingerprint density at radius 3 is 2.48 bits per heavy atom. The van der Waals surface area contributed by atoms with Gasteiger partial charge in [-0.25, -0.2) is 0 Å². The zero-order chi connectivity index (χ0) is 15.3. The zero-order valence-corrected chi connectivity index (χ0v) is 13.1. The summed E-state index contributed by atoms with van der Waals surface area (Å²) in [5, 5.41) is 3.65. The quantitative estimate of drug-likeness (QED) is 0.817. The van der Waals surface area contributed by atoms with Crippen LogP contribution in [0, 0.1) is 0 Å². The highest BCUT2D eigenvalue weighted by Gasteiger charge is 2.34.